The van der Waals surface area contributed by atoms with Crippen LogP contribution in [0.2, 0.25) is 0 Å². The van der Waals surface area contributed by atoms with Crippen LogP contribution in [0.5, 0.6) is 0 Å². The van der Waals surface area contributed by atoms with Crippen molar-refractivity contribution in [3.63, 3.8) is 0 Å². The molecule has 0 aromatic heterocycles. The zero-order chi connectivity index (χ0) is 12.5. The molecule has 1 aliphatic carbocycles. The number of nitrogens with zero attached hydrogens (tertiary/aromatic N) is 1. The van der Waals surface area contributed by atoms with E-state index in [1.54, 1.807) is 0 Å². The lowest BCUT2D eigenvalue weighted by Gasteiger charge is -2.30. The molecule has 1 saturated heterocycles. The summed E-state index contributed by atoms with van der Waals surface area (Å²) >= 11 is 0. The van der Waals surface area contributed by atoms with Gasteiger partial charge in [-0.15, -0.1) is 0 Å². The Morgan fingerprint density at radius 3 is 2.50 bits per heavy atom. The summed E-state index contributed by atoms with van der Waals surface area (Å²) in [7, 11) is 0. The fraction of sp³-hybridized carbons (Fsp3) is 0.562. The Morgan fingerprint density at radius 2 is 1.83 bits per heavy atom. The molecule has 1 aromatic carbocycles. The molecule has 0 spiro atoms. The van der Waals surface area contributed by atoms with E-state index in [-0.39, 0.29) is 5.92 Å². The minimum atomic E-state index is 0.265. The second-order valence-corrected chi connectivity index (χ2v) is 5.87. The van der Waals surface area contributed by atoms with E-state index in [0.717, 1.165) is 25.4 Å². The van der Waals surface area contributed by atoms with Crippen LogP contribution in [0.4, 0.5) is 0 Å². The zero-order valence-electron chi connectivity index (χ0n) is 11.0. The highest BCUT2D eigenvalue weighted by atomic mass is 16.2. The van der Waals surface area contributed by atoms with Crippen LogP contribution >= 0.6 is 0 Å². The van der Waals surface area contributed by atoms with Crippen LogP contribution in [-0.4, -0.2) is 23.9 Å². The van der Waals surface area contributed by atoms with Gasteiger partial charge in [0.25, 0.3) is 0 Å². The van der Waals surface area contributed by atoms with Gasteiger partial charge in [-0.3, -0.25) is 4.79 Å². The smallest absolute Gasteiger partial charge is 0.226 e. The van der Waals surface area contributed by atoms with Crippen molar-refractivity contribution in [2.45, 2.75) is 32.1 Å². The number of piperidine rings is 1. The number of amides is 1. The van der Waals surface area contributed by atoms with Gasteiger partial charge in [0.05, 0.1) is 0 Å². The van der Waals surface area contributed by atoms with E-state index in [0.29, 0.717) is 11.8 Å². The van der Waals surface area contributed by atoms with Gasteiger partial charge in [-0.2, -0.15) is 0 Å². The van der Waals surface area contributed by atoms with Gasteiger partial charge in [-0.25, -0.2) is 0 Å². The third kappa shape index (κ3) is 2.29. The van der Waals surface area contributed by atoms with Crippen molar-refractivity contribution in [1.29, 1.82) is 0 Å². The molecule has 3 rings (SSSR count). The molecule has 1 heterocycles. The third-order valence-electron chi connectivity index (χ3n) is 4.43. The Balaban J connectivity index is 1.59. The number of benzene rings is 1. The van der Waals surface area contributed by atoms with E-state index in [4.69, 9.17) is 0 Å². The van der Waals surface area contributed by atoms with Crippen molar-refractivity contribution >= 4 is 5.91 Å². The van der Waals surface area contributed by atoms with Crippen LogP contribution in [-0.2, 0) is 4.79 Å². The van der Waals surface area contributed by atoms with Gasteiger partial charge >= 0.3 is 0 Å². The maximum absolute atomic E-state index is 12.4. The molecule has 0 N–H and O–H groups in total. The maximum atomic E-state index is 12.4. The summed E-state index contributed by atoms with van der Waals surface area (Å²) in [5.41, 5.74) is 1.33. The molecule has 2 nitrogen and oxygen atoms in total. The number of carbonyl (C=O) groups excluding carboxylic acids is 1. The fourth-order valence-electron chi connectivity index (χ4n) is 3.00. The van der Waals surface area contributed by atoms with E-state index in [2.05, 4.69) is 36.1 Å². The number of rotatable bonds is 2. The van der Waals surface area contributed by atoms with Crippen LogP contribution in [0.3, 0.4) is 0 Å². The Kier molecular flexibility index (Phi) is 3.11. The Hall–Kier alpha value is -1.31. The molecule has 2 atom stereocenters. The molecule has 1 amide bonds. The number of hydrogen-bond acceptors (Lipinski definition) is 1. The summed E-state index contributed by atoms with van der Waals surface area (Å²) in [5.74, 6) is 1.94. The van der Waals surface area contributed by atoms with Crippen LogP contribution in [0.25, 0.3) is 0 Å². The van der Waals surface area contributed by atoms with Crippen molar-refractivity contribution in [3.8, 4) is 0 Å². The summed E-state index contributed by atoms with van der Waals surface area (Å²) < 4.78 is 0. The predicted molar refractivity (Wildman–Crippen MR) is 72.3 cm³/mol. The molecule has 2 heteroatoms. The van der Waals surface area contributed by atoms with Crippen LogP contribution in [0.1, 0.15) is 37.7 Å². The standard InChI is InChI=1S/C16H21NO/c1-12-7-9-17(10-8-12)16(18)15-11-14(15)13-5-3-2-4-6-13/h2-6,12,14-15H,7-11H2,1H3/t14-,15-/m0/s1. The first-order chi connectivity index (χ1) is 8.75. The first kappa shape index (κ1) is 11.8. The van der Waals surface area contributed by atoms with Gasteiger partial charge in [-0.1, -0.05) is 37.3 Å². The molecule has 0 unspecified atom stereocenters. The van der Waals surface area contributed by atoms with E-state index in [9.17, 15) is 4.79 Å². The van der Waals surface area contributed by atoms with E-state index in [1.807, 2.05) is 6.07 Å². The van der Waals surface area contributed by atoms with Crippen molar-refractivity contribution in [2.75, 3.05) is 13.1 Å². The predicted octanol–water partition coefficient (Wildman–Crippen LogP) is 3.05. The lowest BCUT2D eigenvalue weighted by Crippen LogP contribution is -2.39. The molecule has 1 saturated carbocycles. The molecule has 0 bridgehead atoms. The molecule has 1 aromatic rings. The SMILES string of the molecule is CC1CCN(C(=O)[C@H]2C[C@H]2c2ccccc2)CC1. The second kappa shape index (κ2) is 4.75. The average Bonchev–Trinajstić information content (AvgIpc) is 3.20. The topological polar surface area (TPSA) is 20.3 Å². The first-order valence-corrected chi connectivity index (χ1v) is 7.09. The normalized spacial score (nSPS) is 28.2. The average molecular weight is 243 g/mol. The molecular formula is C16H21NO. The summed E-state index contributed by atoms with van der Waals surface area (Å²) in [6.45, 7) is 4.22. The zero-order valence-corrected chi connectivity index (χ0v) is 11.0. The number of carbonyl (C=O) groups is 1. The van der Waals surface area contributed by atoms with Gasteiger partial charge < -0.3 is 4.90 Å². The van der Waals surface area contributed by atoms with Gasteiger partial charge in [-0.05, 0) is 36.7 Å². The van der Waals surface area contributed by atoms with Crippen LogP contribution in [0, 0.1) is 11.8 Å². The molecule has 2 aliphatic rings. The highest BCUT2D eigenvalue weighted by molar-refractivity contribution is 5.83. The molecule has 18 heavy (non-hydrogen) atoms. The number of hydrogen-bond donors (Lipinski definition) is 0. The van der Waals surface area contributed by atoms with Crippen LogP contribution < -0.4 is 0 Å². The number of likely N-dealkylation sites (tertiary alicyclic amines) is 1. The van der Waals surface area contributed by atoms with Crippen molar-refractivity contribution in [1.82, 2.24) is 4.90 Å². The minimum absolute atomic E-state index is 0.265. The monoisotopic (exact) mass is 243 g/mol. The highest BCUT2D eigenvalue weighted by Gasteiger charge is 2.45. The molecule has 96 valence electrons. The summed E-state index contributed by atoms with van der Waals surface area (Å²) in [5, 5.41) is 0. The van der Waals surface area contributed by atoms with E-state index >= 15 is 0 Å². The molecule has 1 aliphatic heterocycles. The Bertz CT molecular complexity index is 420. The second-order valence-electron chi connectivity index (χ2n) is 5.87. The lowest BCUT2D eigenvalue weighted by atomic mass is 9.98. The largest absolute Gasteiger partial charge is 0.342 e. The van der Waals surface area contributed by atoms with E-state index in [1.165, 1.54) is 18.4 Å². The third-order valence-corrected chi connectivity index (χ3v) is 4.43. The van der Waals surface area contributed by atoms with Gasteiger partial charge in [0, 0.05) is 19.0 Å². The quantitative estimate of drug-likeness (QED) is 0.782. The molecule has 2 fully saturated rings. The summed E-state index contributed by atoms with van der Waals surface area (Å²) in [4.78, 5) is 14.5. The lowest BCUT2D eigenvalue weighted by molar-refractivity contribution is -0.134. The van der Waals surface area contributed by atoms with Crippen molar-refractivity contribution in [3.05, 3.63) is 35.9 Å². The molecule has 0 radical (unpaired) electrons. The highest BCUT2D eigenvalue weighted by Crippen LogP contribution is 2.48. The minimum Gasteiger partial charge on any atom is -0.342 e. The maximum Gasteiger partial charge on any atom is 0.226 e. The fourth-order valence-corrected chi connectivity index (χ4v) is 3.00. The van der Waals surface area contributed by atoms with Crippen LogP contribution in [0.15, 0.2) is 30.3 Å². The van der Waals surface area contributed by atoms with Crippen molar-refractivity contribution in [2.24, 2.45) is 11.8 Å². The van der Waals surface area contributed by atoms with Gasteiger partial charge in [0.1, 0.15) is 0 Å². The first-order valence-electron chi connectivity index (χ1n) is 7.09. The van der Waals surface area contributed by atoms with E-state index < -0.39 is 0 Å². The Morgan fingerprint density at radius 1 is 1.17 bits per heavy atom. The summed E-state index contributed by atoms with van der Waals surface area (Å²) in [6, 6.07) is 10.5. The molecular weight excluding hydrogens is 222 g/mol. The summed E-state index contributed by atoms with van der Waals surface area (Å²) in [6.07, 6.45) is 3.40. The van der Waals surface area contributed by atoms with Gasteiger partial charge in [0.2, 0.25) is 5.91 Å². The van der Waals surface area contributed by atoms with Crippen molar-refractivity contribution < 1.29 is 4.79 Å². The Labute approximate surface area is 109 Å². The van der Waals surface area contributed by atoms with Gasteiger partial charge in [0.15, 0.2) is 0 Å².